The van der Waals surface area contributed by atoms with Gasteiger partial charge in [0, 0.05) is 4.75 Å². The molecule has 0 bridgehead atoms. The molecule has 0 aromatic heterocycles. The van der Waals surface area contributed by atoms with Crippen molar-refractivity contribution in [3.05, 3.63) is 0 Å². The molecule has 0 spiro atoms. The van der Waals surface area contributed by atoms with Crippen LogP contribution in [0.2, 0.25) is 0 Å². The van der Waals surface area contributed by atoms with Crippen molar-refractivity contribution >= 4 is 18.6 Å². The highest BCUT2D eigenvalue weighted by Crippen LogP contribution is 2.24. The van der Waals surface area contributed by atoms with Gasteiger partial charge in [0.25, 0.3) is 0 Å². The highest BCUT2D eigenvalue weighted by Gasteiger charge is 2.28. The molecule has 2 nitrogen and oxygen atoms in total. The summed E-state index contributed by atoms with van der Waals surface area (Å²) in [6.45, 7) is 8.14. The molecule has 0 amide bonds. The maximum atomic E-state index is 11.3. The third-order valence-corrected chi connectivity index (χ3v) is 2.25. The Bertz CT molecular complexity index is 149. The Hall–Kier alpha value is -0.180. The van der Waals surface area contributed by atoms with Crippen LogP contribution in [-0.4, -0.2) is 17.3 Å². The van der Waals surface area contributed by atoms with Gasteiger partial charge in [-0.05, 0) is 6.42 Å². The fourth-order valence-corrected chi connectivity index (χ4v) is 0.721. The lowest BCUT2D eigenvalue weighted by Gasteiger charge is -2.24. The smallest absolute Gasteiger partial charge is 0.310 e. The van der Waals surface area contributed by atoms with Gasteiger partial charge in [-0.2, -0.15) is 12.6 Å². The Labute approximate surface area is 80.1 Å². The first-order valence-electron chi connectivity index (χ1n) is 4.28. The molecule has 1 unspecified atom stereocenters. The van der Waals surface area contributed by atoms with Gasteiger partial charge < -0.3 is 4.74 Å². The number of hydrogen-bond donors (Lipinski definition) is 1. The van der Waals surface area contributed by atoms with Crippen molar-refractivity contribution in [3.63, 3.8) is 0 Å². The van der Waals surface area contributed by atoms with Crippen LogP contribution in [0, 0.1) is 5.92 Å². The number of hydrogen-bond acceptors (Lipinski definition) is 3. The second kappa shape index (κ2) is 4.75. The van der Waals surface area contributed by atoms with Crippen LogP contribution in [-0.2, 0) is 9.53 Å². The average molecular weight is 190 g/mol. The quantitative estimate of drug-likeness (QED) is 0.544. The van der Waals surface area contributed by atoms with Gasteiger partial charge in [0.1, 0.15) is 0 Å². The van der Waals surface area contributed by atoms with Crippen molar-refractivity contribution in [2.45, 2.75) is 38.9 Å². The number of carbonyl (C=O) groups excluding carboxylic acids is 1. The van der Waals surface area contributed by atoms with E-state index in [0.29, 0.717) is 6.61 Å². The van der Waals surface area contributed by atoms with Crippen LogP contribution in [0.4, 0.5) is 0 Å². The summed E-state index contributed by atoms with van der Waals surface area (Å²) in [7, 11) is 0. The zero-order chi connectivity index (χ0) is 9.78. The highest BCUT2D eigenvalue weighted by atomic mass is 32.1. The van der Waals surface area contributed by atoms with E-state index in [0.717, 1.165) is 6.42 Å². The Kier molecular flexibility index (Phi) is 4.68. The molecular formula is C9H18O2S. The van der Waals surface area contributed by atoms with E-state index in [9.17, 15) is 4.79 Å². The second-order valence-corrected chi connectivity index (χ2v) is 4.70. The molecule has 0 fully saturated rings. The maximum absolute atomic E-state index is 11.3. The van der Waals surface area contributed by atoms with Crippen molar-refractivity contribution in [2.24, 2.45) is 5.92 Å². The number of carbonyl (C=O) groups is 1. The van der Waals surface area contributed by atoms with Crippen molar-refractivity contribution in [3.8, 4) is 0 Å². The number of rotatable bonds is 4. The molecular weight excluding hydrogens is 172 g/mol. The third kappa shape index (κ3) is 4.00. The molecule has 0 radical (unpaired) electrons. The van der Waals surface area contributed by atoms with Gasteiger partial charge >= 0.3 is 5.97 Å². The number of ether oxygens (including phenoxy) is 1. The van der Waals surface area contributed by atoms with E-state index in [1.807, 2.05) is 27.7 Å². The molecule has 0 rings (SSSR count). The van der Waals surface area contributed by atoms with E-state index < -0.39 is 0 Å². The van der Waals surface area contributed by atoms with E-state index >= 15 is 0 Å². The van der Waals surface area contributed by atoms with E-state index in [1.165, 1.54) is 0 Å². The topological polar surface area (TPSA) is 26.3 Å². The SMILES string of the molecule is CCCOC(=O)C(C)C(C)(C)S. The van der Waals surface area contributed by atoms with Crippen LogP contribution in [0.5, 0.6) is 0 Å². The van der Waals surface area contributed by atoms with Crippen LogP contribution in [0.15, 0.2) is 0 Å². The minimum atomic E-state index is -0.301. The molecule has 0 aromatic carbocycles. The lowest BCUT2D eigenvalue weighted by molar-refractivity contribution is -0.148. The molecule has 0 saturated carbocycles. The molecule has 1 atom stereocenters. The summed E-state index contributed by atoms with van der Waals surface area (Å²) in [5, 5.41) is 0. The summed E-state index contributed by atoms with van der Waals surface area (Å²) < 4.78 is 4.69. The first kappa shape index (κ1) is 11.8. The Morgan fingerprint density at radius 1 is 1.58 bits per heavy atom. The highest BCUT2D eigenvalue weighted by molar-refractivity contribution is 7.81. The van der Waals surface area contributed by atoms with Gasteiger partial charge in [-0.3, -0.25) is 4.79 Å². The van der Waals surface area contributed by atoms with Crippen LogP contribution >= 0.6 is 12.6 Å². The molecule has 0 heterocycles. The second-order valence-electron chi connectivity index (χ2n) is 3.54. The fraction of sp³-hybridized carbons (Fsp3) is 0.889. The summed E-state index contributed by atoms with van der Waals surface area (Å²) in [4.78, 5) is 11.3. The molecule has 0 aliphatic heterocycles. The van der Waals surface area contributed by atoms with Crippen LogP contribution in [0.25, 0.3) is 0 Å². The predicted molar refractivity (Wildman–Crippen MR) is 53.5 cm³/mol. The molecule has 0 aliphatic rings. The van der Waals surface area contributed by atoms with Gasteiger partial charge in [0.05, 0.1) is 12.5 Å². The van der Waals surface area contributed by atoms with E-state index in [-0.39, 0.29) is 16.6 Å². The van der Waals surface area contributed by atoms with Crippen LogP contribution < -0.4 is 0 Å². The molecule has 0 N–H and O–H groups in total. The van der Waals surface area contributed by atoms with E-state index in [4.69, 9.17) is 4.74 Å². The molecule has 0 saturated heterocycles. The van der Waals surface area contributed by atoms with Crippen LogP contribution in [0.3, 0.4) is 0 Å². The van der Waals surface area contributed by atoms with Gasteiger partial charge in [-0.25, -0.2) is 0 Å². The Morgan fingerprint density at radius 2 is 2.08 bits per heavy atom. The fourth-order valence-electron chi connectivity index (χ4n) is 0.616. The maximum Gasteiger partial charge on any atom is 0.310 e. The van der Waals surface area contributed by atoms with Gasteiger partial charge in [-0.15, -0.1) is 0 Å². The summed E-state index contributed by atoms with van der Waals surface area (Å²) in [6, 6.07) is 0. The van der Waals surface area contributed by atoms with Gasteiger partial charge in [-0.1, -0.05) is 27.7 Å². The Morgan fingerprint density at radius 3 is 2.42 bits per heavy atom. The summed E-state index contributed by atoms with van der Waals surface area (Å²) in [6.07, 6.45) is 0.867. The van der Waals surface area contributed by atoms with Crippen molar-refractivity contribution in [1.82, 2.24) is 0 Å². The lowest BCUT2D eigenvalue weighted by Crippen LogP contribution is -2.31. The van der Waals surface area contributed by atoms with E-state index in [2.05, 4.69) is 12.6 Å². The van der Waals surface area contributed by atoms with Crippen LogP contribution in [0.1, 0.15) is 34.1 Å². The largest absolute Gasteiger partial charge is 0.465 e. The zero-order valence-electron chi connectivity index (χ0n) is 8.26. The standard InChI is InChI=1S/C9H18O2S/c1-5-6-11-8(10)7(2)9(3,4)12/h7,12H,5-6H2,1-4H3. The van der Waals surface area contributed by atoms with E-state index in [1.54, 1.807) is 0 Å². The first-order valence-corrected chi connectivity index (χ1v) is 4.73. The normalized spacial score (nSPS) is 14.1. The number of esters is 1. The summed E-state index contributed by atoms with van der Waals surface area (Å²) >= 11 is 4.31. The monoisotopic (exact) mass is 190 g/mol. The molecule has 72 valence electrons. The zero-order valence-corrected chi connectivity index (χ0v) is 9.15. The first-order chi connectivity index (χ1) is 5.39. The predicted octanol–water partition coefficient (Wildman–Crippen LogP) is 2.28. The molecule has 12 heavy (non-hydrogen) atoms. The Balaban J connectivity index is 3.94. The lowest BCUT2D eigenvalue weighted by atomic mass is 9.97. The summed E-state index contributed by atoms with van der Waals surface area (Å²) in [5.41, 5.74) is 0. The van der Waals surface area contributed by atoms with Gasteiger partial charge in [0.2, 0.25) is 0 Å². The molecule has 0 aromatic rings. The summed E-state index contributed by atoms with van der Waals surface area (Å²) in [5.74, 6) is -0.316. The average Bonchev–Trinajstić information content (AvgIpc) is 1.97. The van der Waals surface area contributed by atoms with Gasteiger partial charge in [0.15, 0.2) is 0 Å². The van der Waals surface area contributed by atoms with Crippen molar-refractivity contribution in [2.75, 3.05) is 6.61 Å². The molecule has 3 heteroatoms. The minimum Gasteiger partial charge on any atom is -0.465 e. The minimum absolute atomic E-state index is 0.156. The number of thiol groups is 1. The van der Waals surface area contributed by atoms with Crippen molar-refractivity contribution < 1.29 is 9.53 Å². The molecule has 0 aliphatic carbocycles. The third-order valence-electron chi connectivity index (χ3n) is 1.86. The van der Waals surface area contributed by atoms with Crippen molar-refractivity contribution in [1.29, 1.82) is 0 Å².